The molecule has 0 aliphatic carbocycles. The van der Waals surface area contributed by atoms with E-state index in [1.807, 2.05) is 13.8 Å². The summed E-state index contributed by atoms with van der Waals surface area (Å²) in [4.78, 5) is 23.1. The van der Waals surface area contributed by atoms with E-state index in [0.29, 0.717) is 0 Å². The summed E-state index contributed by atoms with van der Waals surface area (Å²) in [6.45, 7) is 11.0. The molecule has 0 heterocycles. The van der Waals surface area contributed by atoms with Gasteiger partial charge in [-0.1, -0.05) is 13.8 Å². The Hall–Kier alpha value is -1.26. The standard InChI is InChI=1S/C12H23NO4/c1-7-16-10(14)9(8(2)3)13-11(15)17-12(4,5)6/h8-9H,7H2,1-6H3,(H,13,15)/t9-/m0/s1. The lowest BCUT2D eigenvalue weighted by Gasteiger charge is -2.24. The van der Waals surface area contributed by atoms with Gasteiger partial charge < -0.3 is 14.8 Å². The molecule has 0 bridgehead atoms. The molecular weight excluding hydrogens is 222 g/mol. The Bertz CT molecular complexity index is 268. The molecule has 0 rings (SSSR count). The van der Waals surface area contributed by atoms with Crippen LogP contribution in [-0.2, 0) is 14.3 Å². The van der Waals surface area contributed by atoms with E-state index in [2.05, 4.69) is 5.32 Å². The number of hydrogen-bond donors (Lipinski definition) is 1. The fraction of sp³-hybridized carbons (Fsp3) is 0.833. The summed E-state index contributed by atoms with van der Waals surface area (Å²) in [6, 6.07) is -0.676. The van der Waals surface area contributed by atoms with Crippen molar-refractivity contribution in [2.24, 2.45) is 5.92 Å². The average Bonchev–Trinajstić information content (AvgIpc) is 2.11. The predicted octanol–water partition coefficient (Wildman–Crippen LogP) is 2.10. The van der Waals surface area contributed by atoms with Crippen LogP contribution in [-0.4, -0.2) is 30.3 Å². The second-order valence-corrected chi connectivity index (χ2v) is 5.12. The number of esters is 1. The highest BCUT2D eigenvalue weighted by Gasteiger charge is 2.27. The molecule has 1 atom stereocenters. The Morgan fingerprint density at radius 2 is 1.76 bits per heavy atom. The van der Waals surface area contributed by atoms with Gasteiger partial charge in [0.15, 0.2) is 0 Å². The number of amides is 1. The molecule has 0 aromatic heterocycles. The van der Waals surface area contributed by atoms with Crippen LogP contribution in [0.1, 0.15) is 41.5 Å². The van der Waals surface area contributed by atoms with Gasteiger partial charge in [0, 0.05) is 0 Å². The van der Waals surface area contributed by atoms with Crippen molar-refractivity contribution in [3.63, 3.8) is 0 Å². The van der Waals surface area contributed by atoms with Gasteiger partial charge in [0.05, 0.1) is 6.61 Å². The van der Waals surface area contributed by atoms with E-state index in [4.69, 9.17) is 9.47 Å². The second-order valence-electron chi connectivity index (χ2n) is 5.12. The zero-order valence-corrected chi connectivity index (χ0v) is 11.5. The number of nitrogens with one attached hydrogen (secondary N) is 1. The van der Waals surface area contributed by atoms with Crippen molar-refractivity contribution >= 4 is 12.1 Å². The Balaban J connectivity index is 4.46. The number of hydrogen-bond acceptors (Lipinski definition) is 4. The third-order valence-corrected chi connectivity index (χ3v) is 1.88. The maximum atomic E-state index is 11.6. The monoisotopic (exact) mass is 245 g/mol. The maximum absolute atomic E-state index is 11.6. The molecule has 17 heavy (non-hydrogen) atoms. The molecule has 0 spiro atoms. The zero-order chi connectivity index (χ0) is 13.6. The summed E-state index contributed by atoms with van der Waals surface area (Å²) >= 11 is 0. The molecular formula is C12H23NO4. The van der Waals surface area contributed by atoms with Gasteiger partial charge in [-0.2, -0.15) is 0 Å². The van der Waals surface area contributed by atoms with Crippen LogP contribution in [0.15, 0.2) is 0 Å². The highest BCUT2D eigenvalue weighted by molar-refractivity contribution is 5.81. The topological polar surface area (TPSA) is 64.6 Å². The van der Waals surface area contributed by atoms with Crippen LogP contribution < -0.4 is 5.32 Å². The molecule has 0 aliphatic rings. The molecule has 0 unspecified atom stereocenters. The molecule has 0 radical (unpaired) electrons. The summed E-state index contributed by atoms with van der Waals surface area (Å²) < 4.78 is 9.98. The van der Waals surface area contributed by atoms with Gasteiger partial charge in [-0.15, -0.1) is 0 Å². The number of carbonyl (C=O) groups is 2. The molecule has 1 N–H and O–H groups in total. The van der Waals surface area contributed by atoms with Crippen molar-refractivity contribution < 1.29 is 19.1 Å². The first-order valence-corrected chi connectivity index (χ1v) is 5.83. The Morgan fingerprint density at radius 1 is 1.24 bits per heavy atom. The third-order valence-electron chi connectivity index (χ3n) is 1.88. The van der Waals surface area contributed by atoms with Gasteiger partial charge in [-0.3, -0.25) is 0 Å². The van der Waals surface area contributed by atoms with Gasteiger partial charge >= 0.3 is 12.1 Å². The van der Waals surface area contributed by atoms with Gasteiger partial charge in [0.2, 0.25) is 0 Å². The van der Waals surface area contributed by atoms with E-state index in [1.165, 1.54) is 0 Å². The SMILES string of the molecule is CCOC(=O)[C@@H](NC(=O)OC(C)(C)C)C(C)C. The van der Waals surface area contributed by atoms with Gasteiger partial charge in [0.1, 0.15) is 11.6 Å². The number of ether oxygens (including phenoxy) is 2. The fourth-order valence-corrected chi connectivity index (χ4v) is 1.16. The lowest BCUT2D eigenvalue weighted by Crippen LogP contribution is -2.47. The molecule has 5 nitrogen and oxygen atoms in total. The Morgan fingerprint density at radius 3 is 2.12 bits per heavy atom. The molecule has 0 aromatic carbocycles. The number of carbonyl (C=O) groups excluding carboxylic acids is 2. The molecule has 5 heteroatoms. The maximum Gasteiger partial charge on any atom is 0.408 e. The average molecular weight is 245 g/mol. The number of rotatable bonds is 4. The first-order valence-electron chi connectivity index (χ1n) is 5.83. The smallest absolute Gasteiger partial charge is 0.408 e. The highest BCUT2D eigenvalue weighted by atomic mass is 16.6. The summed E-state index contributed by atoms with van der Waals surface area (Å²) in [5.74, 6) is -0.491. The van der Waals surface area contributed by atoms with Crippen LogP contribution in [0.25, 0.3) is 0 Å². The van der Waals surface area contributed by atoms with Crippen molar-refractivity contribution in [2.75, 3.05) is 6.61 Å². The molecule has 0 aliphatic heterocycles. The van der Waals surface area contributed by atoms with Crippen molar-refractivity contribution in [3.05, 3.63) is 0 Å². The highest BCUT2D eigenvalue weighted by Crippen LogP contribution is 2.09. The second kappa shape index (κ2) is 6.47. The van der Waals surface area contributed by atoms with Gasteiger partial charge in [-0.05, 0) is 33.6 Å². The lowest BCUT2D eigenvalue weighted by molar-refractivity contribution is -0.146. The zero-order valence-electron chi connectivity index (χ0n) is 11.5. The largest absolute Gasteiger partial charge is 0.464 e. The first-order chi connectivity index (χ1) is 7.67. The summed E-state index contributed by atoms with van der Waals surface area (Å²) in [5.41, 5.74) is -0.583. The van der Waals surface area contributed by atoms with Crippen molar-refractivity contribution in [3.8, 4) is 0 Å². The molecule has 1 amide bonds. The molecule has 100 valence electrons. The molecule has 0 fully saturated rings. The molecule has 0 saturated carbocycles. The Labute approximate surface area is 103 Å². The van der Waals surface area contributed by atoms with Crippen molar-refractivity contribution in [1.29, 1.82) is 0 Å². The lowest BCUT2D eigenvalue weighted by atomic mass is 10.1. The van der Waals surface area contributed by atoms with E-state index >= 15 is 0 Å². The minimum atomic E-state index is -0.676. The Kier molecular flexibility index (Phi) is 5.99. The van der Waals surface area contributed by atoms with Gasteiger partial charge in [0.25, 0.3) is 0 Å². The predicted molar refractivity (Wildman–Crippen MR) is 64.6 cm³/mol. The minimum Gasteiger partial charge on any atom is -0.464 e. The van der Waals surface area contributed by atoms with Crippen molar-refractivity contribution in [2.45, 2.75) is 53.2 Å². The fourth-order valence-electron chi connectivity index (χ4n) is 1.16. The van der Waals surface area contributed by atoms with E-state index in [9.17, 15) is 9.59 Å². The number of alkyl carbamates (subject to hydrolysis) is 1. The van der Waals surface area contributed by atoms with E-state index in [-0.39, 0.29) is 12.5 Å². The van der Waals surface area contributed by atoms with Crippen LogP contribution in [0.3, 0.4) is 0 Å². The quantitative estimate of drug-likeness (QED) is 0.770. The first kappa shape index (κ1) is 15.7. The van der Waals surface area contributed by atoms with E-state index in [0.717, 1.165) is 0 Å². The normalized spacial score (nSPS) is 13.1. The van der Waals surface area contributed by atoms with E-state index < -0.39 is 23.7 Å². The van der Waals surface area contributed by atoms with Crippen LogP contribution in [0.4, 0.5) is 4.79 Å². The molecule has 0 saturated heterocycles. The molecule has 0 aromatic rings. The van der Waals surface area contributed by atoms with Crippen LogP contribution in [0, 0.1) is 5.92 Å². The summed E-state index contributed by atoms with van der Waals surface area (Å²) in [5, 5.41) is 2.52. The van der Waals surface area contributed by atoms with Crippen LogP contribution in [0.5, 0.6) is 0 Å². The minimum absolute atomic E-state index is 0.0541. The third kappa shape index (κ3) is 6.81. The van der Waals surface area contributed by atoms with Crippen LogP contribution >= 0.6 is 0 Å². The van der Waals surface area contributed by atoms with Gasteiger partial charge in [-0.25, -0.2) is 9.59 Å². The summed E-state index contributed by atoms with van der Waals surface area (Å²) in [7, 11) is 0. The van der Waals surface area contributed by atoms with Crippen LogP contribution in [0.2, 0.25) is 0 Å². The van der Waals surface area contributed by atoms with Crippen molar-refractivity contribution in [1.82, 2.24) is 5.32 Å². The summed E-state index contributed by atoms with van der Waals surface area (Å²) in [6.07, 6.45) is -0.607. The van der Waals surface area contributed by atoms with E-state index in [1.54, 1.807) is 27.7 Å².